The van der Waals surface area contributed by atoms with E-state index in [-0.39, 0.29) is 0 Å². The number of aliphatic hydroxyl groups excluding tert-OH is 1. The first kappa shape index (κ1) is 14.0. The summed E-state index contributed by atoms with van der Waals surface area (Å²) in [5.74, 6) is 0.718. The fourth-order valence-corrected chi connectivity index (χ4v) is 3.38. The Morgan fingerprint density at radius 3 is 2.61 bits per heavy atom. The van der Waals surface area contributed by atoms with Crippen molar-refractivity contribution in [2.45, 2.75) is 44.3 Å². The molecule has 1 N–H and O–H groups in total. The van der Waals surface area contributed by atoms with Crippen LogP contribution in [0.5, 0.6) is 0 Å². The van der Waals surface area contributed by atoms with Crippen LogP contribution in [-0.4, -0.2) is 27.6 Å². The topological polar surface area (TPSA) is 47.3 Å². The Balaban J connectivity index is 2.28. The van der Waals surface area contributed by atoms with Gasteiger partial charge in [-0.1, -0.05) is 6.92 Å². The Morgan fingerprint density at radius 1 is 1.56 bits per heavy atom. The van der Waals surface area contributed by atoms with Gasteiger partial charge in [-0.2, -0.15) is 5.10 Å². The number of aryl methyl sites for hydroxylation is 1. The number of methoxy groups -OCH3 is 1. The van der Waals surface area contributed by atoms with Crippen molar-refractivity contribution >= 4 is 15.9 Å². The van der Waals surface area contributed by atoms with Crippen molar-refractivity contribution in [1.82, 2.24) is 9.78 Å². The van der Waals surface area contributed by atoms with Gasteiger partial charge in [0.1, 0.15) is 6.10 Å². The lowest BCUT2D eigenvalue weighted by molar-refractivity contribution is -0.133. The van der Waals surface area contributed by atoms with Crippen LogP contribution in [0.4, 0.5) is 0 Å². The molecule has 1 atom stereocenters. The molecule has 2 rings (SSSR count). The van der Waals surface area contributed by atoms with E-state index in [9.17, 15) is 5.11 Å². The summed E-state index contributed by atoms with van der Waals surface area (Å²) < 4.78 is 8.27. The summed E-state index contributed by atoms with van der Waals surface area (Å²) in [6.07, 6.45) is 5.05. The fourth-order valence-electron chi connectivity index (χ4n) is 2.82. The molecule has 1 aromatic rings. The highest BCUT2D eigenvalue weighted by Crippen LogP contribution is 2.44. The molecule has 1 aliphatic rings. The zero-order valence-corrected chi connectivity index (χ0v) is 12.8. The largest absolute Gasteiger partial charge is 0.384 e. The maximum Gasteiger partial charge on any atom is 0.126 e. The maximum absolute atomic E-state index is 10.7. The monoisotopic (exact) mass is 316 g/mol. The summed E-state index contributed by atoms with van der Waals surface area (Å²) in [6, 6.07) is 0. The molecule has 1 aliphatic carbocycles. The number of aromatic nitrogens is 2. The Bertz CT molecular complexity index is 392. The molecule has 5 heteroatoms. The predicted molar refractivity (Wildman–Crippen MR) is 73.2 cm³/mol. The van der Waals surface area contributed by atoms with Gasteiger partial charge in [0.25, 0.3) is 0 Å². The summed E-state index contributed by atoms with van der Waals surface area (Å²) in [5.41, 5.74) is 0.328. The standard InChI is InChI=1S/C13H21BrN2O2/c1-9-4-6-13(18-3,7-5-9)12(17)11-10(14)8-15-16(11)2/h8-9,12,17H,4-7H2,1-3H3. The molecule has 1 heterocycles. The average molecular weight is 317 g/mol. The van der Waals surface area contributed by atoms with E-state index in [1.54, 1.807) is 18.0 Å². The van der Waals surface area contributed by atoms with Crippen molar-refractivity contribution in [1.29, 1.82) is 0 Å². The normalized spacial score (nSPS) is 30.4. The first-order chi connectivity index (χ1) is 8.50. The summed E-state index contributed by atoms with van der Waals surface area (Å²) in [6.45, 7) is 2.26. The van der Waals surface area contributed by atoms with E-state index in [1.807, 2.05) is 7.05 Å². The molecule has 0 aromatic carbocycles. The van der Waals surface area contributed by atoms with Crippen molar-refractivity contribution < 1.29 is 9.84 Å². The second-order valence-electron chi connectivity index (χ2n) is 5.36. The van der Waals surface area contributed by atoms with E-state index >= 15 is 0 Å². The molecule has 1 aromatic heterocycles. The molecule has 0 radical (unpaired) electrons. The minimum atomic E-state index is -0.642. The zero-order chi connectivity index (χ0) is 13.3. The van der Waals surface area contributed by atoms with Crippen LogP contribution in [0.2, 0.25) is 0 Å². The van der Waals surface area contributed by atoms with Gasteiger partial charge >= 0.3 is 0 Å². The van der Waals surface area contributed by atoms with Crippen molar-refractivity contribution in [2.75, 3.05) is 7.11 Å². The van der Waals surface area contributed by atoms with Crippen molar-refractivity contribution in [2.24, 2.45) is 13.0 Å². The molecule has 0 spiro atoms. The molecule has 4 nitrogen and oxygen atoms in total. The number of rotatable bonds is 3. The highest BCUT2D eigenvalue weighted by atomic mass is 79.9. The molecule has 0 aliphatic heterocycles. The zero-order valence-electron chi connectivity index (χ0n) is 11.2. The average Bonchev–Trinajstić information content (AvgIpc) is 2.70. The third-order valence-corrected chi connectivity index (χ3v) is 4.83. The highest BCUT2D eigenvalue weighted by Gasteiger charge is 2.43. The minimum absolute atomic E-state index is 0.469. The molecular formula is C13H21BrN2O2. The van der Waals surface area contributed by atoms with E-state index in [0.717, 1.165) is 41.8 Å². The van der Waals surface area contributed by atoms with Crippen LogP contribution in [0.1, 0.15) is 44.4 Å². The Morgan fingerprint density at radius 2 is 2.17 bits per heavy atom. The third-order valence-electron chi connectivity index (χ3n) is 4.22. The number of hydrogen-bond acceptors (Lipinski definition) is 3. The molecule has 1 saturated carbocycles. The molecule has 0 saturated heterocycles. The van der Waals surface area contributed by atoms with Crippen LogP contribution in [0.25, 0.3) is 0 Å². The SMILES string of the molecule is COC1(C(O)c2c(Br)cnn2C)CCC(C)CC1. The van der Waals surface area contributed by atoms with Gasteiger partial charge in [-0.05, 0) is 47.5 Å². The van der Waals surface area contributed by atoms with Gasteiger partial charge in [-0.3, -0.25) is 4.68 Å². The van der Waals surface area contributed by atoms with Gasteiger partial charge in [0, 0.05) is 14.2 Å². The van der Waals surface area contributed by atoms with E-state index in [2.05, 4.69) is 28.0 Å². The summed E-state index contributed by atoms with van der Waals surface area (Å²) in [5, 5.41) is 14.9. The van der Waals surface area contributed by atoms with Gasteiger partial charge < -0.3 is 9.84 Å². The van der Waals surface area contributed by atoms with Gasteiger partial charge in [-0.15, -0.1) is 0 Å². The van der Waals surface area contributed by atoms with Gasteiger partial charge in [-0.25, -0.2) is 0 Å². The lowest BCUT2D eigenvalue weighted by Gasteiger charge is -2.41. The van der Waals surface area contributed by atoms with Crippen molar-refractivity contribution in [3.63, 3.8) is 0 Å². The highest BCUT2D eigenvalue weighted by molar-refractivity contribution is 9.10. The van der Waals surface area contributed by atoms with E-state index in [4.69, 9.17) is 4.74 Å². The summed E-state index contributed by atoms with van der Waals surface area (Å²) in [7, 11) is 3.54. The van der Waals surface area contributed by atoms with Crippen LogP contribution < -0.4 is 0 Å². The lowest BCUT2D eigenvalue weighted by Crippen LogP contribution is -2.42. The van der Waals surface area contributed by atoms with E-state index in [1.165, 1.54) is 0 Å². The summed E-state index contributed by atoms with van der Waals surface area (Å²) in [4.78, 5) is 0. The van der Waals surface area contributed by atoms with Crippen LogP contribution in [0, 0.1) is 5.92 Å². The molecule has 1 unspecified atom stereocenters. The van der Waals surface area contributed by atoms with Crippen molar-refractivity contribution in [3.8, 4) is 0 Å². The number of halogens is 1. The number of nitrogens with zero attached hydrogens (tertiary/aromatic N) is 2. The van der Waals surface area contributed by atoms with Crippen LogP contribution in [0.3, 0.4) is 0 Å². The molecule has 0 amide bonds. The number of hydrogen-bond donors (Lipinski definition) is 1. The second kappa shape index (κ2) is 5.31. The van der Waals surface area contributed by atoms with E-state index in [0.29, 0.717) is 0 Å². The van der Waals surface area contributed by atoms with Crippen LogP contribution >= 0.6 is 15.9 Å². The Kier molecular flexibility index (Phi) is 4.14. The number of aliphatic hydroxyl groups is 1. The lowest BCUT2D eigenvalue weighted by atomic mass is 9.75. The molecule has 1 fully saturated rings. The van der Waals surface area contributed by atoms with E-state index < -0.39 is 11.7 Å². The minimum Gasteiger partial charge on any atom is -0.384 e. The predicted octanol–water partition coefficient (Wildman–Crippen LogP) is 2.81. The summed E-state index contributed by atoms with van der Waals surface area (Å²) >= 11 is 3.45. The quantitative estimate of drug-likeness (QED) is 0.932. The number of ether oxygens (including phenoxy) is 1. The fraction of sp³-hybridized carbons (Fsp3) is 0.769. The Labute approximate surface area is 116 Å². The third kappa shape index (κ3) is 2.36. The van der Waals surface area contributed by atoms with Gasteiger partial charge in [0.2, 0.25) is 0 Å². The molecule has 0 bridgehead atoms. The molecular weight excluding hydrogens is 296 g/mol. The Hall–Kier alpha value is -0.390. The first-order valence-corrected chi connectivity index (χ1v) is 7.20. The molecule has 102 valence electrons. The van der Waals surface area contributed by atoms with Crippen LogP contribution in [0.15, 0.2) is 10.7 Å². The van der Waals surface area contributed by atoms with Crippen molar-refractivity contribution in [3.05, 3.63) is 16.4 Å². The maximum atomic E-state index is 10.7. The van der Waals surface area contributed by atoms with Gasteiger partial charge in [0.15, 0.2) is 0 Å². The first-order valence-electron chi connectivity index (χ1n) is 6.41. The second-order valence-corrected chi connectivity index (χ2v) is 6.21. The van der Waals surface area contributed by atoms with Gasteiger partial charge in [0.05, 0.1) is 22.0 Å². The molecule has 18 heavy (non-hydrogen) atoms. The smallest absolute Gasteiger partial charge is 0.126 e. The van der Waals surface area contributed by atoms with Crippen LogP contribution in [-0.2, 0) is 11.8 Å².